The Balaban J connectivity index is 3.06. The zero-order chi connectivity index (χ0) is 14.7. The Morgan fingerprint density at radius 2 is 1.84 bits per heavy atom. The molecule has 1 aromatic rings. The van der Waals surface area contributed by atoms with Gasteiger partial charge in [0.05, 0.1) is 23.2 Å². The maximum atomic E-state index is 12.3. The van der Waals surface area contributed by atoms with Crippen molar-refractivity contribution in [1.82, 2.24) is 0 Å². The van der Waals surface area contributed by atoms with Gasteiger partial charge in [-0.2, -0.15) is 0 Å². The summed E-state index contributed by atoms with van der Waals surface area (Å²) in [6.07, 6.45) is -0.0188. The fourth-order valence-corrected chi connectivity index (χ4v) is 2.73. The van der Waals surface area contributed by atoms with Gasteiger partial charge in [-0.05, 0) is 33.8 Å². The number of hydrogen-bond donors (Lipinski definition) is 1. The van der Waals surface area contributed by atoms with Crippen LogP contribution in [0.1, 0.15) is 33.3 Å². The zero-order valence-corrected chi connectivity index (χ0v) is 12.7. The third-order valence-electron chi connectivity index (χ3n) is 2.90. The van der Waals surface area contributed by atoms with Crippen molar-refractivity contribution in [2.24, 2.45) is 0 Å². The minimum absolute atomic E-state index is 0.0188. The largest absolute Gasteiger partial charge is 0.491 e. The van der Waals surface area contributed by atoms with Gasteiger partial charge in [0.25, 0.3) is 0 Å². The van der Waals surface area contributed by atoms with E-state index in [-0.39, 0.29) is 11.9 Å². The standard InChI is InChI=1S/C14H22O4S/c1-11(2)18-13-8-6-5-7-12(13)9-19(16,17)14(3,4)10-15/h5-8,11,15H,9-10H2,1-4H3. The lowest BCUT2D eigenvalue weighted by atomic mass is 10.2. The number of rotatable bonds is 6. The summed E-state index contributed by atoms with van der Waals surface area (Å²) in [4.78, 5) is 0. The molecule has 0 aliphatic carbocycles. The van der Waals surface area contributed by atoms with Crippen LogP contribution in [0.2, 0.25) is 0 Å². The van der Waals surface area contributed by atoms with E-state index in [1.165, 1.54) is 13.8 Å². The predicted octanol–water partition coefficient (Wildman–Crippen LogP) is 2.16. The molecule has 4 nitrogen and oxygen atoms in total. The van der Waals surface area contributed by atoms with Crippen molar-refractivity contribution in [3.63, 3.8) is 0 Å². The second-order valence-electron chi connectivity index (χ2n) is 5.45. The second-order valence-corrected chi connectivity index (χ2v) is 8.07. The average molecular weight is 286 g/mol. The monoisotopic (exact) mass is 286 g/mol. The van der Waals surface area contributed by atoms with Crippen LogP contribution in [0.4, 0.5) is 0 Å². The van der Waals surface area contributed by atoms with Gasteiger partial charge in [-0.25, -0.2) is 8.42 Å². The van der Waals surface area contributed by atoms with E-state index >= 15 is 0 Å². The molecule has 0 amide bonds. The van der Waals surface area contributed by atoms with Crippen LogP contribution in [0.3, 0.4) is 0 Å². The molecule has 0 unspecified atom stereocenters. The van der Waals surface area contributed by atoms with Crippen molar-refractivity contribution in [3.05, 3.63) is 29.8 Å². The van der Waals surface area contributed by atoms with E-state index in [9.17, 15) is 13.5 Å². The summed E-state index contributed by atoms with van der Waals surface area (Å²) in [5.41, 5.74) is 0.623. The number of sulfone groups is 1. The minimum Gasteiger partial charge on any atom is -0.491 e. The first kappa shape index (κ1) is 16.0. The van der Waals surface area contributed by atoms with Crippen molar-refractivity contribution in [3.8, 4) is 5.75 Å². The fourth-order valence-electron chi connectivity index (χ4n) is 1.49. The summed E-state index contributed by atoms with van der Waals surface area (Å²) in [6.45, 7) is 6.43. The highest BCUT2D eigenvalue weighted by Gasteiger charge is 2.34. The fraction of sp³-hybridized carbons (Fsp3) is 0.571. The molecule has 0 fully saturated rings. The third-order valence-corrected chi connectivity index (χ3v) is 5.41. The van der Waals surface area contributed by atoms with Gasteiger partial charge < -0.3 is 9.84 Å². The molecule has 1 N–H and O–H groups in total. The first-order valence-electron chi connectivity index (χ1n) is 6.27. The molecule has 5 heteroatoms. The van der Waals surface area contributed by atoms with Gasteiger partial charge >= 0.3 is 0 Å². The van der Waals surface area contributed by atoms with Gasteiger partial charge in [0, 0.05) is 5.56 Å². The Kier molecular flexibility index (Phi) is 4.98. The zero-order valence-electron chi connectivity index (χ0n) is 11.9. The van der Waals surface area contributed by atoms with Gasteiger partial charge in [0.15, 0.2) is 9.84 Å². The first-order chi connectivity index (χ1) is 8.69. The predicted molar refractivity (Wildman–Crippen MR) is 76.0 cm³/mol. The van der Waals surface area contributed by atoms with Crippen LogP contribution in [0.15, 0.2) is 24.3 Å². The lowest BCUT2D eigenvalue weighted by molar-refractivity contribution is 0.240. The molecule has 0 spiro atoms. The van der Waals surface area contributed by atoms with Crippen molar-refractivity contribution in [1.29, 1.82) is 0 Å². The number of ether oxygens (including phenoxy) is 1. The van der Waals surface area contributed by atoms with Gasteiger partial charge in [-0.3, -0.25) is 0 Å². The number of aliphatic hydroxyl groups excluding tert-OH is 1. The second kappa shape index (κ2) is 5.92. The summed E-state index contributed by atoms with van der Waals surface area (Å²) < 4.78 is 29.0. The SMILES string of the molecule is CC(C)Oc1ccccc1CS(=O)(=O)C(C)(C)CO. The maximum absolute atomic E-state index is 12.3. The van der Waals surface area contributed by atoms with Crippen molar-refractivity contribution < 1.29 is 18.3 Å². The molecule has 108 valence electrons. The Morgan fingerprint density at radius 1 is 1.26 bits per heavy atom. The Labute approximate surface area is 115 Å². The molecule has 0 bridgehead atoms. The molecule has 0 saturated carbocycles. The summed E-state index contributed by atoms with van der Waals surface area (Å²) in [5.74, 6) is 0.443. The van der Waals surface area contributed by atoms with Gasteiger partial charge in [-0.1, -0.05) is 18.2 Å². The normalized spacial score (nSPS) is 12.7. The minimum atomic E-state index is -3.45. The molecule has 0 atom stereocenters. The highest BCUT2D eigenvalue weighted by molar-refractivity contribution is 7.92. The van der Waals surface area contributed by atoms with E-state index in [2.05, 4.69) is 0 Å². The van der Waals surface area contributed by atoms with Crippen molar-refractivity contribution in [2.45, 2.75) is 44.3 Å². The quantitative estimate of drug-likeness (QED) is 0.870. The molecular formula is C14H22O4S. The van der Waals surface area contributed by atoms with Crippen LogP contribution >= 0.6 is 0 Å². The van der Waals surface area contributed by atoms with Crippen LogP contribution in [0.5, 0.6) is 5.75 Å². The molecular weight excluding hydrogens is 264 g/mol. The van der Waals surface area contributed by atoms with Crippen LogP contribution in [-0.2, 0) is 15.6 Å². The molecule has 0 aromatic heterocycles. The topological polar surface area (TPSA) is 63.6 Å². The van der Waals surface area contributed by atoms with Crippen LogP contribution in [0, 0.1) is 0 Å². The molecule has 1 aromatic carbocycles. The van der Waals surface area contributed by atoms with Crippen molar-refractivity contribution >= 4 is 9.84 Å². The average Bonchev–Trinajstić information content (AvgIpc) is 2.30. The first-order valence-corrected chi connectivity index (χ1v) is 7.92. The van der Waals surface area contributed by atoms with Crippen LogP contribution in [-0.4, -0.2) is 31.0 Å². The number of benzene rings is 1. The van der Waals surface area contributed by atoms with Gasteiger partial charge in [0.1, 0.15) is 5.75 Å². The third kappa shape index (κ3) is 3.94. The molecule has 1 rings (SSSR count). The summed E-state index contributed by atoms with van der Waals surface area (Å²) in [6, 6.07) is 7.09. The van der Waals surface area contributed by atoms with Gasteiger partial charge in [0.2, 0.25) is 0 Å². The molecule has 0 heterocycles. The van der Waals surface area contributed by atoms with E-state index in [4.69, 9.17) is 4.74 Å². The summed E-state index contributed by atoms with van der Waals surface area (Å²) in [5, 5.41) is 9.21. The van der Waals surface area contributed by atoms with E-state index in [0.717, 1.165) is 0 Å². The van der Waals surface area contributed by atoms with E-state index in [1.54, 1.807) is 18.2 Å². The van der Waals surface area contributed by atoms with Crippen LogP contribution < -0.4 is 4.74 Å². The molecule has 0 saturated heterocycles. The Morgan fingerprint density at radius 3 is 2.37 bits per heavy atom. The lowest BCUT2D eigenvalue weighted by Crippen LogP contribution is -2.36. The molecule has 0 aliphatic heterocycles. The number of aliphatic hydroxyl groups is 1. The highest BCUT2D eigenvalue weighted by atomic mass is 32.2. The summed E-state index contributed by atoms with van der Waals surface area (Å²) >= 11 is 0. The lowest BCUT2D eigenvalue weighted by Gasteiger charge is -2.23. The number of hydrogen-bond acceptors (Lipinski definition) is 4. The van der Waals surface area contributed by atoms with Crippen molar-refractivity contribution in [2.75, 3.05) is 6.61 Å². The van der Waals surface area contributed by atoms with Gasteiger partial charge in [-0.15, -0.1) is 0 Å². The highest BCUT2D eigenvalue weighted by Crippen LogP contribution is 2.26. The molecule has 0 radical (unpaired) electrons. The Bertz CT molecular complexity index is 518. The van der Waals surface area contributed by atoms with E-state index in [1.807, 2.05) is 19.9 Å². The molecule has 0 aliphatic rings. The number of para-hydroxylation sites is 1. The maximum Gasteiger partial charge on any atom is 0.161 e. The van der Waals surface area contributed by atoms with E-state index in [0.29, 0.717) is 11.3 Å². The van der Waals surface area contributed by atoms with Crippen LogP contribution in [0.25, 0.3) is 0 Å². The van der Waals surface area contributed by atoms with E-state index < -0.39 is 21.2 Å². The smallest absolute Gasteiger partial charge is 0.161 e. The summed E-state index contributed by atoms with van der Waals surface area (Å²) in [7, 11) is -3.45. The Hall–Kier alpha value is -1.07. The molecule has 19 heavy (non-hydrogen) atoms.